The molecule has 18 N–H and O–H groups in total. The minimum absolute atomic E-state index is 0. The molecule has 17 heteroatoms. The highest BCUT2D eigenvalue weighted by molar-refractivity contribution is 6.31. The van der Waals surface area contributed by atoms with Crippen molar-refractivity contribution in [3.05, 3.63) is 117 Å². The quantitative estimate of drug-likeness (QED) is 0.0738. The summed E-state index contributed by atoms with van der Waals surface area (Å²) >= 11 is 22.5. The van der Waals surface area contributed by atoms with Gasteiger partial charge < -0.3 is 66.6 Å². The number of quaternary nitrogens is 2. The van der Waals surface area contributed by atoms with Gasteiger partial charge in [-0.2, -0.15) is 0 Å². The predicted molar refractivity (Wildman–Crippen MR) is 163 cm³/mol. The summed E-state index contributed by atoms with van der Waals surface area (Å²) in [6, 6.07) is 29.0. The highest BCUT2D eigenvalue weighted by Gasteiger charge is 1.93. The van der Waals surface area contributed by atoms with Crippen molar-refractivity contribution < 1.29 is 76.6 Å². The highest BCUT2D eigenvalue weighted by atomic mass is 35.5. The van der Waals surface area contributed by atoms with Crippen LogP contribution in [-0.2, 0) is 0 Å². The molecule has 0 aliphatic rings. The van der Waals surface area contributed by atoms with Gasteiger partial charge in [0.15, 0.2) is 0 Å². The van der Waals surface area contributed by atoms with Gasteiger partial charge in [0.1, 0.15) is 11.4 Å². The Morgan fingerprint density at radius 1 is 0.419 bits per heavy atom. The molecule has 0 heterocycles. The van der Waals surface area contributed by atoms with Crippen LogP contribution in [0.3, 0.4) is 0 Å². The Balaban J connectivity index is -0.000000145. The lowest BCUT2D eigenvalue weighted by atomic mass is 10.3. The van der Waals surface area contributed by atoms with Gasteiger partial charge >= 0.3 is 11.9 Å². The molecule has 0 saturated heterocycles. The van der Waals surface area contributed by atoms with Crippen molar-refractivity contribution in [3.63, 3.8) is 0 Å². The van der Waals surface area contributed by atoms with E-state index >= 15 is 0 Å². The molecule has 0 saturated carbocycles. The Morgan fingerprint density at radius 3 is 0.767 bits per heavy atom. The standard InChI is InChI=1S/2C7H8ClN3.2C6H6ClN.4ClH.H2O/c2*8-5-1-3-6(4-2-5)11-7(9)10;2*7-5-1-3-6(8)4-2-5;;;;;/h2*1-4H,(H4,9,10,11);2*1-4H,8H2;4*1H;1H2. The third kappa shape index (κ3) is 26.9. The summed E-state index contributed by atoms with van der Waals surface area (Å²) in [5.41, 5.74) is 31.9. The molecule has 0 unspecified atom stereocenters. The maximum atomic E-state index is 5.65. The molecule has 0 bridgehead atoms. The van der Waals surface area contributed by atoms with Crippen LogP contribution < -0.4 is 94.0 Å². The fraction of sp³-hybridized carbons (Fsp3) is 0. The van der Waals surface area contributed by atoms with Crippen molar-refractivity contribution in [1.82, 2.24) is 0 Å². The van der Waals surface area contributed by atoms with E-state index in [-0.39, 0.29) is 67.0 Å². The van der Waals surface area contributed by atoms with E-state index in [1.807, 2.05) is 48.5 Å². The first kappa shape index (κ1) is 50.3. The summed E-state index contributed by atoms with van der Waals surface area (Å²) in [6.45, 7) is 0. The van der Waals surface area contributed by atoms with Crippen molar-refractivity contribution in [3.8, 4) is 0 Å². The lowest BCUT2D eigenvalue weighted by Gasteiger charge is -1.91. The van der Waals surface area contributed by atoms with Crippen molar-refractivity contribution in [2.75, 3.05) is 0 Å². The van der Waals surface area contributed by atoms with Gasteiger partial charge in [-0.15, -0.1) is 0 Å². The lowest BCUT2D eigenvalue weighted by Crippen LogP contribution is -3.00. The molecule has 0 aliphatic carbocycles. The van der Waals surface area contributed by atoms with Crippen molar-refractivity contribution >= 4 is 81.1 Å². The van der Waals surface area contributed by atoms with E-state index in [9.17, 15) is 0 Å². The number of nitrogens with two attached hydrogens (primary N) is 4. The zero-order valence-corrected chi connectivity index (χ0v) is 28.5. The van der Waals surface area contributed by atoms with E-state index in [2.05, 4.69) is 21.5 Å². The molecule has 0 amide bonds. The average Bonchev–Trinajstić information content (AvgIpc) is 2.86. The number of hydrogen-bond acceptors (Lipinski definition) is 0. The van der Waals surface area contributed by atoms with Crippen LogP contribution in [0.1, 0.15) is 0 Å². The summed E-state index contributed by atoms with van der Waals surface area (Å²) in [7, 11) is 0. The fourth-order valence-electron chi connectivity index (χ4n) is 2.37. The second kappa shape index (κ2) is 28.4. The molecule has 4 aromatic carbocycles. The van der Waals surface area contributed by atoms with Gasteiger partial charge in [-0.25, -0.2) is 9.98 Å². The fourth-order valence-corrected chi connectivity index (χ4v) is 2.87. The van der Waals surface area contributed by atoms with E-state index < -0.39 is 0 Å². The molecule has 0 fully saturated rings. The van der Waals surface area contributed by atoms with Crippen LogP contribution in [0.25, 0.3) is 0 Å². The minimum Gasteiger partial charge on any atom is -1.00 e. The molecule has 0 aromatic heterocycles. The number of hydrogen-bond donors (Lipinski definition) is 8. The molecule has 9 nitrogen and oxygen atoms in total. The van der Waals surface area contributed by atoms with Crippen LogP contribution >= 0.6 is 46.4 Å². The summed E-state index contributed by atoms with van der Waals surface area (Å²) in [5.74, 6) is 0.347. The number of halogens is 8. The molecular formula is C26H34Cl8N8O. The first-order chi connectivity index (χ1) is 17.9. The largest absolute Gasteiger partial charge is 1.00 e. The maximum absolute atomic E-state index is 5.65. The normalized spacial score (nSPS) is 8.14. The Kier molecular flexibility index (Phi) is 33.2. The highest BCUT2D eigenvalue weighted by Crippen LogP contribution is 2.10. The van der Waals surface area contributed by atoms with Gasteiger partial charge in [-0.3, -0.25) is 22.9 Å². The molecule has 0 aliphatic heterocycles. The molecule has 0 atom stereocenters. The van der Waals surface area contributed by atoms with Crippen molar-refractivity contribution in [1.29, 1.82) is 0 Å². The summed E-state index contributed by atoms with van der Waals surface area (Å²) in [4.78, 5) is 5.49. The molecular weight excluding hydrogens is 724 g/mol. The lowest BCUT2D eigenvalue weighted by molar-refractivity contribution is -0.356. The van der Waals surface area contributed by atoms with E-state index in [0.29, 0.717) is 10.0 Å². The summed E-state index contributed by atoms with van der Waals surface area (Å²) in [6.07, 6.45) is 0. The van der Waals surface area contributed by atoms with Crippen molar-refractivity contribution in [2.45, 2.75) is 0 Å². The van der Waals surface area contributed by atoms with E-state index in [1.54, 1.807) is 48.5 Å². The third-order valence-corrected chi connectivity index (χ3v) is 5.10. The monoisotopic (exact) mass is 754 g/mol. The van der Waals surface area contributed by atoms with Gasteiger partial charge in [0.25, 0.3) is 0 Å². The number of nitrogens with one attached hydrogen (secondary N) is 2. The molecule has 0 radical (unpaired) electrons. The average molecular weight is 758 g/mol. The second-order valence-corrected chi connectivity index (χ2v) is 9.17. The van der Waals surface area contributed by atoms with Crippen LogP contribution in [0.15, 0.2) is 97.1 Å². The molecule has 43 heavy (non-hydrogen) atoms. The summed E-state index contributed by atoms with van der Waals surface area (Å²) in [5, 5.41) is 2.90. The Labute approximate surface area is 295 Å². The van der Waals surface area contributed by atoms with E-state index in [1.165, 1.54) is 0 Å². The molecule has 240 valence electrons. The van der Waals surface area contributed by atoms with Crippen LogP contribution in [0, 0.1) is 0 Å². The first-order valence-electron chi connectivity index (χ1n) is 10.9. The van der Waals surface area contributed by atoms with E-state index in [4.69, 9.17) is 69.3 Å². The van der Waals surface area contributed by atoms with Crippen LogP contribution in [-0.4, -0.2) is 17.4 Å². The molecule has 4 aromatic rings. The summed E-state index contributed by atoms with van der Waals surface area (Å²) < 4.78 is 0. The zero-order chi connectivity index (χ0) is 28.5. The van der Waals surface area contributed by atoms with E-state index in [0.717, 1.165) is 32.8 Å². The Bertz CT molecular complexity index is 1140. The maximum Gasteiger partial charge on any atom is 0.343 e. The predicted octanol–water partition coefficient (Wildman–Crippen LogP) is -11.7. The molecule has 4 rings (SSSR count). The Morgan fingerprint density at radius 2 is 0.605 bits per heavy atom. The van der Waals surface area contributed by atoms with Gasteiger partial charge in [0.2, 0.25) is 0 Å². The van der Waals surface area contributed by atoms with Gasteiger partial charge in [-0.1, -0.05) is 46.4 Å². The van der Waals surface area contributed by atoms with Gasteiger partial charge in [0, 0.05) is 44.4 Å². The van der Waals surface area contributed by atoms with Gasteiger partial charge in [0.05, 0.1) is 11.4 Å². The van der Waals surface area contributed by atoms with Gasteiger partial charge in [-0.05, 0) is 72.8 Å². The first-order valence-corrected chi connectivity index (χ1v) is 12.4. The van der Waals surface area contributed by atoms with Crippen LogP contribution in [0.4, 0.5) is 22.7 Å². The number of benzene rings is 4. The Hall–Kier alpha value is -2.38. The smallest absolute Gasteiger partial charge is 0.343 e. The molecule has 0 spiro atoms. The SMILES string of the molecule is NC(N)=[NH+]c1ccc(Cl)cc1.NC(N)=[NH+]c1ccc(Cl)cc1.O.[Cl-].[Cl-].[Cl-].[Cl-].[NH3+]c1ccc(Cl)cc1.[NH3+]c1ccc(Cl)cc1. The second-order valence-electron chi connectivity index (χ2n) is 7.43. The number of guanidine groups is 2. The minimum atomic E-state index is 0. The third-order valence-electron chi connectivity index (χ3n) is 4.09. The van der Waals surface area contributed by atoms with Crippen molar-refractivity contribution in [2.24, 2.45) is 22.9 Å². The topological polar surface area (TPSA) is 219 Å². The van der Waals surface area contributed by atoms with Crippen LogP contribution in [0.5, 0.6) is 0 Å². The van der Waals surface area contributed by atoms with Crippen LogP contribution in [0.2, 0.25) is 20.1 Å². The number of rotatable bonds is 2. The zero-order valence-electron chi connectivity index (χ0n) is 22.5.